The maximum Gasteiger partial charge on any atom is 0.143 e. The molecular formula is C7H5BrN2S. The number of pyridine rings is 1. The van der Waals surface area contributed by atoms with E-state index in [0.29, 0.717) is 0 Å². The fourth-order valence-corrected chi connectivity index (χ4v) is 2.27. The van der Waals surface area contributed by atoms with Crippen molar-refractivity contribution < 1.29 is 0 Å². The number of rotatable bonds is 1. The Balaban J connectivity index is 2.76. The minimum Gasteiger partial charge on any atom is -0.244 e. The SMILES string of the molecule is BrCc1nsc2ncccc12. The van der Waals surface area contributed by atoms with E-state index < -0.39 is 0 Å². The lowest BCUT2D eigenvalue weighted by atomic mass is 10.3. The van der Waals surface area contributed by atoms with Crippen LogP contribution in [0.1, 0.15) is 5.69 Å². The maximum absolute atomic E-state index is 4.25. The topological polar surface area (TPSA) is 25.8 Å². The Kier molecular flexibility index (Phi) is 1.87. The highest BCUT2D eigenvalue weighted by Gasteiger charge is 2.02. The van der Waals surface area contributed by atoms with Crippen molar-refractivity contribution in [3.63, 3.8) is 0 Å². The predicted octanol–water partition coefficient (Wildman–Crippen LogP) is 2.59. The van der Waals surface area contributed by atoms with Crippen LogP contribution in [-0.2, 0) is 5.33 Å². The summed E-state index contributed by atoms with van der Waals surface area (Å²) in [5, 5.41) is 1.97. The Morgan fingerprint density at radius 3 is 3.27 bits per heavy atom. The molecular weight excluding hydrogens is 224 g/mol. The largest absolute Gasteiger partial charge is 0.244 e. The van der Waals surface area contributed by atoms with E-state index in [-0.39, 0.29) is 0 Å². The minimum atomic E-state index is 0.804. The van der Waals surface area contributed by atoms with Gasteiger partial charge < -0.3 is 0 Å². The summed E-state index contributed by atoms with van der Waals surface area (Å²) >= 11 is 4.82. The van der Waals surface area contributed by atoms with Gasteiger partial charge in [-0.3, -0.25) is 0 Å². The highest BCUT2D eigenvalue weighted by molar-refractivity contribution is 9.08. The van der Waals surface area contributed by atoms with Crippen LogP contribution in [0.2, 0.25) is 0 Å². The molecule has 11 heavy (non-hydrogen) atoms. The van der Waals surface area contributed by atoms with Crippen molar-refractivity contribution in [1.82, 2.24) is 9.36 Å². The van der Waals surface area contributed by atoms with Gasteiger partial charge in [-0.2, -0.15) is 4.37 Å². The molecule has 0 unspecified atom stereocenters. The van der Waals surface area contributed by atoms with Crippen LogP contribution in [0.25, 0.3) is 10.2 Å². The summed E-state index contributed by atoms with van der Waals surface area (Å²) in [5.74, 6) is 0. The molecule has 0 aliphatic rings. The summed E-state index contributed by atoms with van der Waals surface area (Å²) in [7, 11) is 0. The zero-order valence-electron chi connectivity index (χ0n) is 5.62. The first-order valence-corrected chi connectivity index (χ1v) is 5.06. The van der Waals surface area contributed by atoms with Gasteiger partial charge >= 0.3 is 0 Å². The molecule has 4 heteroatoms. The molecule has 0 bridgehead atoms. The average Bonchev–Trinajstić information content (AvgIpc) is 2.47. The van der Waals surface area contributed by atoms with Crippen LogP contribution in [0.15, 0.2) is 18.3 Å². The normalized spacial score (nSPS) is 10.6. The van der Waals surface area contributed by atoms with Crippen molar-refractivity contribution in [3.05, 3.63) is 24.0 Å². The van der Waals surface area contributed by atoms with Gasteiger partial charge in [-0.05, 0) is 23.7 Å². The molecule has 0 atom stereocenters. The third-order valence-corrected chi connectivity index (χ3v) is 2.79. The van der Waals surface area contributed by atoms with Gasteiger partial charge in [-0.15, -0.1) is 0 Å². The molecule has 0 aliphatic heterocycles. The van der Waals surface area contributed by atoms with Gasteiger partial charge in [0.25, 0.3) is 0 Å². The molecule has 0 aromatic carbocycles. The van der Waals surface area contributed by atoms with Crippen molar-refractivity contribution in [2.75, 3.05) is 0 Å². The Labute approximate surface area is 76.6 Å². The molecule has 0 saturated heterocycles. The van der Waals surface area contributed by atoms with Gasteiger partial charge in [-0.1, -0.05) is 15.9 Å². The van der Waals surface area contributed by atoms with E-state index in [9.17, 15) is 0 Å². The lowest BCUT2D eigenvalue weighted by Crippen LogP contribution is -1.75. The Morgan fingerprint density at radius 2 is 2.45 bits per heavy atom. The third kappa shape index (κ3) is 1.16. The highest BCUT2D eigenvalue weighted by atomic mass is 79.9. The van der Waals surface area contributed by atoms with Crippen molar-refractivity contribution in [2.24, 2.45) is 0 Å². The van der Waals surface area contributed by atoms with Crippen molar-refractivity contribution >= 4 is 37.7 Å². The number of hydrogen-bond donors (Lipinski definition) is 0. The van der Waals surface area contributed by atoms with Crippen molar-refractivity contribution in [1.29, 1.82) is 0 Å². The summed E-state index contributed by atoms with van der Waals surface area (Å²) in [6.07, 6.45) is 1.79. The van der Waals surface area contributed by atoms with Gasteiger partial charge in [0, 0.05) is 16.9 Å². The van der Waals surface area contributed by atoms with E-state index in [2.05, 4.69) is 25.3 Å². The molecule has 0 fully saturated rings. The first kappa shape index (κ1) is 7.18. The lowest BCUT2D eigenvalue weighted by molar-refractivity contribution is 1.34. The zero-order valence-corrected chi connectivity index (χ0v) is 8.02. The van der Waals surface area contributed by atoms with Gasteiger partial charge in [0.05, 0.1) is 5.69 Å². The number of alkyl halides is 1. The quantitative estimate of drug-likeness (QED) is 0.702. The van der Waals surface area contributed by atoms with E-state index in [4.69, 9.17) is 0 Å². The monoisotopic (exact) mass is 228 g/mol. The molecule has 2 aromatic rings. The van der Waals surface area contributed by atoms with Crippen LogP contribution in [-0.4, -0.2) is 9.36 Å². The van der Waals surface area contributed by atoms with Crippen LogP contribution >= 0.6 is 27.5 Å². The number of nitrogens with zero attached hydrogens (tertiary/aromatic N) is 2. The number of halogens is 1. The van der Waals surface area contributed by atoms with E-state index in [0.717, 1.165) is 21.2 Å². The van der Waals surface area contributed by atoms with Gasteiger partial charge in [-0.25, -0.2) is 4.98 Å². The summed E-state index contributed by atoms with van der Waals surface area (Å²) in [4.78, 5) is 5.20. The van der Waals surface area contributed by atoms with Crippen LogP contribution < -0.4 is 0 Å². The van der Waals surface area contributed by atoms with E-state index in [1.54, 1.807) is 6.20 Å². The first-order valence-electron chi connectivity index (χ1n) is 3.17. The molecule has 2 heterocycles. The second-order valence-corrected chi connectivity index (χ2v) is 3.43. The van der Waals surface area contributed by atoms with E-state index in [1.807, 2.05) is 12.1 Å². The molecule has 2 aromatic heterocycles. The molecule has 0 aliphatic carbocycles. The zero-order chi connectivity index (χ0) is 7.68. The molecule has 0 radical (unpaired) electrons. The maximum atomic E-state index is 4.25. The van der Waals surface area contributed by atoms with E-state index in [1.165, 1.54) is 11.5 Å². The second-order valence-electron chi connectivity index (χ2n) is 2.12. The predicted molar refractivity (Wildman–Crippen MR) is 50.0 cm³/mol. The van der Waals surface area contributed by atoms with Crippen molar-refractivity contribution in [3.8, 4) is 0 Å². The van der Waals surface area contributed by atoms with Crippen molar-refractivity contribution in [2.45, 2.75) is 5.33 Å². The van der Waals surface area contributed by atoms with Gasteiger partial charge in [0.2, 0.25) is 0 Å². The summed E-state index contributed by atoms with van der Waals surface area (Å²) in [6.45, 7) is 0. The fourth-order valence-electron chi connectivity index (χ4n) is 0.927. The molecule has 0 spiro atoms. The number of hydrogen-bond acceptors (Lipinski definition) is 3. The summed E-state index contributed by atoms with van der Waals surface area (Å²) < 4.78 is 4.25. The third-order valence-electron chi connectivity index (χ3n) is 1.45. The van der Waals surface area contributed by atoms with Gasteiger partial charge in [0.1, 0.15) is 4.83 Å². The molecule has 0 amide bonds. The van der Waals surface area contributed by atoms with Crippen LogP contribution in [0.4, 0.5) is 0 Å². The second kappa shape index (κ2) is 2.87. The molecule has 0 N–H and O–H groups in total. The lowest BCUT2D eigenvalue weighted by Gasteiger charge is -1.87. The van der Waals surface area contributed by atoms with E-state index >= 15 is 0 Å². The molecule has 2 nitrogen and oxygen atoms in total. The fraction of sp³-hybridized carbons (Fsp3) is 0.143. The molecule has 2 rings (SSSR count). The number of aromatic nitrogens is 2. The summed E-state index contributed by atoms with van der Waals surface area (Å²) in [5.41, 5.74) is 1.08. The Hall–Kier alpha value is -0.480. The first-order chi connectivity index (χ1) is 5.42. The van der Waals surface area contributed by atoms with Crippen LogP contribution in [0, 0.1) is 0 Å². The average molecular weight is 229 g/mol. The Morgan fingerprint density at radius 1 is 1.55 bits per heavy atom. The molecule has 0 saturated carbocycles. The Bertz CT molecular complexity index is 371. The summed E-state index contributed by atoms with van der Waals surface area (Å²) in [6, 6.07) is 3.98. The number of fused-ring (bicyclic) bond motifs is 1. The minimum absolute atomic E-state index is 0.804. The smallest absolute Gasteiger partial charge is 0.143 e. The van der Waals surface area contributed by atoms with Crippen LogP contribution in [0.3, 0.4) is 0 Å². The standard InChI is InChI=1S/C7H5BrN2S/c8-4-6-5-2-1-3-9-7(5)11-10-6/h1-3H,4H2. The van der Waals surface area contributed by atoms with Gasteiger partial charge in [0.15, 0.2) is 0 Å². The highest BCUT2D eigenvalue weighted by Crippen LogP contribution is 2.21. The molecule has 56 valence electrons. The van der Waals surface area contributed by atoms with Crippen LogP contribution in [0.5, 0.6) is 0 Å².